The maximum atomic E-state index is 11.8. The molecule has 1 amide bonds. The Morgan fingerprint density at radius 2 is 2.14 bits per heavy atom. The van der Waals surface area contributed by atoms with Crippen molar-refractivity contribution in [3.63, 3.8) is 0 Å². The summed E-state index contributed by atoms with van der Waals surface area (Å²) in [4.78, 5) is 12.6. The fourth-order valence-corrected chi connectivity index (χ4v) is 2.57. The van der Waals surface area contributed by atoms with Gasteiger partial charge in [-0.3, -0.25) is 4.79 Å². The molecule has 0 aliphatic heterocycles. The van der Waals surface area contributed by atoms with Gasteiger partial charge in [0.15, 0.2) is 0 Å². The number of aromatic hydroxyl groups is 1. The molecule has 0 bridgehead atoms. The Labute approximate surface area is 131 Å². The molecule has 4 nitrogen and oxygen atoms in total. The molecule has 0 aliphatic carbocycles. The fourth-order valence-electron chi connectivity index (χ4n) is 1.60. The Balaban J connectivity index is 1.93. The number of rotatable bonds is 4. The van der Waals surface area contributed by atoms with E-state index >= 15 is 0 Å². The zero-order chi connectivity index (χ0) is 15.2. The lowest BCUT2D eigenvalue weighted by atomic mass is 10.2. The molecule has 21 heavy (non-hydrogen) atoms. The van der Waals surface area contributed by atoms with Crippen molar-refractivity contribution in [1.29, 1.82) is 5.26 Å². The minimum absolute atomic E-state index is 0.166. The van der Waals surface area contributed by atoms with Gasteiger partial charge in [-0.2, -0.15) is 5.26 Å². The second-order valence-electron chi connectivity index (χ2n) is 4.14. The fraction of sp³-hybridized carbons (Fsp3) is 0.0667. The molecule has 0 aromatic heterocycles. The highest BCUT2D eigenvalue weighted by atomic mass is 35.5. The molecule has 2 N–H and O–H groups in total. The van der Waals surface area contributed by atoms with Gasteiger partial charge < -0.3 is 10.4 Å². The largest absolute Gasteiger partial charge is 0.508 e. The minimum atomic E-state index is -0.191. The molecule has 6 heteroatoms. The van der Waals surface area contributed by atoms with Crippen LogP contribution in [0.5, 0.6) is 5.75 Å². The number of hydrogen-bond acceptors (Lipinski definition) is 4. The van der Waals surface area contributed by atoms with Crippen molar-refractivity contribution in [2.75, 3.05) is 11.1 Å². The average Bonchev–Trinajstić information content (AvgIpc) is 2.45. The lowest BCUT2D eigenvalue weighted by Crippen LogP contribution is -2.13. The molecule has 0 radical (unpaired) electrons. The summed E-state index contributed by atoms with van der Waals surface area (Å²) in [6.45, 7) is 0. The highest BCUT2D eigenvalue weighted by Crippen LogP contribution is 2.23. The summed E-state index contributed by atoms with van der Waals surface area (Å²) in [6.07, 6.45) is 0. The first-order chi connectivity index (χ1) is 10.1. The molecular weight excluding hydrogens is 308 g/mol. The van der Waals surface area contributed by atoms with E-state index < -0.39 is 0 Å². The molecule has 0 fully saturated rings. The SMILES string of the molecule is N#Cc1ccc(NC(=O)CSc2cccc(O)c2)cc1Cl. The van der Waals surface area contributed by atoms with Crippen molar-refractivity contribution in [1.82, 2.24) is 0 Å². The minimum Gasteiger partial charge on any atom is -0.508 e. The van der Waals surface area contributed by atoms with E-state index in [0.29, 0.717) is 16.3 Å². The van der Waals surface area contributed by atoms with E-state index in [0.717, 1.165) is 4.90 Å². The number of halogens is 1. The van der Waals surface area contributed by atoms with E-state index in [1.54, 1.807) is 30.3 Å². The van der Waals surface area contributed by atoms with Gasteiger partial charge in [-0.1, -0.05) is 17.7 Å². The molecule has 0 aliphatic rings. The zero-order valence-electron chi connectivity index (χ0n) is 10.8. The van der Waals surface area contributed by atoms with E-state index in [9.17, 15) is 9.90 Å². The molecule has 2 rings (SSSR count). The normalized spacial score (nSPS) is 9.90. The van der Waals surface area contributed by atoms with Gasteiger partial charge in [0.2, 0.25) is 5.91 Å². The van der Waals surface area contributed by atoms with E-state index in [2.05, 4.69) is 5.32 Å². The number of nitriles is 1. The number of carbonyl (C=O) groups excluding carboxylic acids is 1. The Morgan fingerprint density at radius 1 is 1.33 bits per heavy atom. The summed E-state index contributed by atoms with van der Waals surface area (Å²) in [5.74, 6) is 0.185. The quantitative estimate of drug-likeness (QED) is 0.844. The first kappa shape index (κ1) is 15.2. The van der Waals surface area contributed by atoms with E-state index in [4.69, 9.17) is 16.9 Å². The van der Waals surface area contributed by atoms with Gasteiger partial charge in [-0.25, -0.2) is 0 Å². The molecule has 2 aromatic carbocycles. The number of nitrogens with one attached hydrogen (secondary N) is 1. The molecule has 0 saturated heterocycles. The number of amides is 1. The number of anilines is 1. The molecule has 0 unspecified atom stereocenters. The number of phenols is 1. The first-order valence-electron chi connectivity index (χ1n) is 6.00. The van der Waals surface area contributed by atoms with Gasteiger partial charge in [-0.05, 0) is 36.4 Å². The number of benzene rings is 2. The van der Waals surface area contributed by atoms with Gasteiger partial charge in [0.1, 0.15) is 11.8 Å². The van der Waals surface area contributed by atoms with Crippen molar-refractivity contribution in [2.24, 2.45) is 0 Å². The van der Waals surface area contributed by atoms with Crippen molar-refractivity contribution in [2.45, 2.75) is 4.90 Å². The van der Waals surface area contributed by atoms with Crippen molar-refractivity contribution < 1.29 is 9.90 Å². The average molecular weight is 319 g/mol. The molecule has 0 saturated carbocycles. The highest BCUT2D eigenvalue weighted by Gasteiger charge is 2.06. The van der Waals surface area contributed by atoms with Crippen LogP contribution in [0.2, 0.25) is 5.02 Å². The summed E-state index contributed by atoms with van der Waals surface area (Å²) in [5, 5.41) is 21.1. The van der Waals surface area contributed by atoms with Gasteiger partial charge in [0.25, 0.3) is 0 Å². The summed E-state index contributed by atoms with van der Waals surface area (Å²) < 4.78 is 0. The summed E-state index contributed by atoms with van der Waals surface area (Å²) in [6, 6.07) is 13.4. The molecule has 0 heterocycles. The Kier molecular flexibility index (Phi) is 5.09. The van der Waals surface area contributed by atoms with Crippen molar-refractivity contribution in [3.05, 3.63) is 53.1 Å². The van der Waals surface area contributed by atoms with Crippen LogP contribution in [0.3, 0.4) is 0 Å². The number of hydrogen-bond donors (Lipinski definition) is 2. The number of thioether (sulfide) groups is 1. The van der Waals surface area contributed by atoms with Gasteiger partial charge >= 0.3 is 0 Å². The predicted molar refractivity (Wildman–Crippen MR) is 83.6 cm³/mol. The Hall–Kier alpha value is -2.16. The standard InChI is InChI=1S/C15H11ClN2O2S/c16-14-6-11(5-4-10(14)8-17)18-15(20)9-21-13-3-1-2-12(19)7-13/h1-7,19H,9H2,(H,18,20). The highest BCUT2D eigenvalue weighted by molar-refractivity contribution is 8.00. The van der Waals surface area contributed by atoms with Crippen LogP contribution in [-0.2, 0) is 4.79 Å². The molecule has 2 aromatic rings. The maximum Gasteiger partial charge on any atom is 0.234 e. The zero-order valence-corrected chi connectivity index (χ0v) is 12.4. The van der Waals surface area contributed by atoms with Gasteiger partial charge in [-0.15, -0.1) is 11.8 Å². The van der Waals surface area contributed by atoms with Crippen LogP contribution >= 0.6 is 23.4 Å². The van der Waals surface area contributed by atoms with E-state index in [1.165, 1.54) is 17.8 Å². The maximum absolute atomic E-state index is 11.8. The second kappa shape index (κ2) is 7.02. The number of nitrogens with zero attached hydrogens (tertiary/aromatic N) is 1. The van der Waals surface area contributed by atoms with Crippen LogP contribution in [0, 0.1) is 11.3 Å². The monoisotopic (exact) mass is 318 g/mol. The van der Waals surface area contributed by atoms with Crippen LogP contribution in [0.15, 0.2) is 47.4 Å². The van der Waals surface area contributed by atoms with E-state index in [1.807, 2.05) is 12.1 Å². The summed E-state index contributed by atoms with van der Waals surface area (Å²) in [7, 11) is 0. The lowest BCUT2D eigenvalue weighted by Gasteiger charge is -2.06. The predicted octanol–water partition coefficient (Wildman–Crippen LogP) is 3.65. The molecule has 106 valence electrons. The smallest absolute Gasteiger partial charge is 0.234 e. The molecule has 0 spiro atoms. The van der Waals surface area contributed by atoms with E-state index in [-0.39, 0.29) is 17.4 Å². The van der Waals surface area contributed by atoms with Crippen LogP contribution in [-0.4, -0.2) is 16.8 Å². The summed E-state index contributed by atoms with van der Waals surface area (Å²) in [5.41, 5.74) is 0.907. The Morgan fingerprint density at radius 3 is 2.81 bits per heavy atom. The molecule has 0 atom stereocenters. The van der Waals surface area contributed by atoms with Crippen LogP contribution in [0.25, 0.3) is 0 Å². The number of phenolic OH excluding ortho intramolecular Hbond substituents is 1. The summed E-state index contributed by atoms with van der Waals surface area (Å²) >= 11 is 7.21. The number of carbonyl (C=O) groups is 1. The third-order valence-electron chi connectivity index (χ3n) is 2.56. The van der Waals surface area contributed by atoms with Crippen LogP contribution in [0.1, 0.15) is 5.56 Å². The molecular formula is C15H11ClN2O2S. The third-order valence-corrected chi connectivity index (χ3v) is 3.87. The van der Waals surface area contributed by atoms with Crippen molar-refractivity contribution in [3.8, 4) is 11.8 Å². The van der Waals surface area contributed by atoms with Crippen LogP contribution in [0.4, 0.5) is 5.69 Å². The first-order valence-corrected chi connectivity index (χ1v) is 7.36. The third kappa shape index (κ3) is 4.42. The van der Waals surface area contributed by atoms with Crippen LogP contribution < -0.4 is 5.32 Å². The Bertz CT molecular complexity index is 713. The second-order valence-corrected chi connectivity index (χ2v) is 5.60. The van der Waals surface area contributed by atoms with Gasteiger partial charge in [0.05, 0.1) is 16.3 Å². The topological polar surface area (TPSA) is 73.1 Å². The lowest BCUT2D eigenvalue weighted by molar-refractivity contribution is -0.113. The van der Waals surface area contributed by atoms with Crippen molar-refractivity contribution >= 4 is 35.0 Å². The van der Waals surface area contributed by atoms with Gasteiger partial charge in [0, 0.05) is 10.6 Å².